The summed E-state index contributed by atoms with van der Waals surface area (Å²) in [6, 6.07) is 11.4. The maximum atomic E-state index is 14.4. The van der Waals surface area contributed by atoms with Crippen molar-refractivity contribution < 1.29 is 22.4 Å². The lowest BCUT2D eigenvalue weighted by Crippen LogP contribution is -2.27. The van der Waals surface area contributed by atoms with E-state index >= 15 is 0 Å². The van der Waals surface area contributed by atoms with Crippen molar-refractivity contribution in [3.05, 3.63) is 69.0 Å². The molecule has 0 bridgehead atoms. The molecule has 1 unspecified atom stereocenters. The highest BCUT2D eigenvalue weighted by Gasteiger charge is 2.54. The number of thiophene rings is 1. The highest BCUT2D eigenvalue weighted by molar-refractivity contribution is 9.11. The summed E-state index contributed by atoms with van der Waals surface area (Å²) in [5.41, 5.74) is 0.458. The lowest BCUT2D eigenvalue weighted by molar-refractivity contribution is 0.134. The Bertz CT molecular complexity index is 1120. The molecule has 0 amide bonds. The summed E-state index contributed by atoms with van der Waals surface area (Å²) >= 11 is 8.84. The maximum Gasteiger partial charge on any atom is 0.353 e. The zero-order chi connectivity index (χ0) is 23.0. The van der Waals surface area contributed by atoms with Crippen molar-refractivity contribution in [2.75, 3.05) is 0 Å². The Morgan fingerprint density at radius 2 is 1.65 bits per heavy atom. The van der Waals surface area contributed by atoms with Gasteiger partial charge in [0.25, 0.3) is 0 Å². The van der Waals surface area contributed by atoms with E-state index in [1.807, 2.05) is 24.3 Å². The summed E-state index contributed by atoms with van der Waals surface area (Å²) in [6.07, 6.45) is -0.717. The van der Waals surface area contributed by atoms with Gasteiger partial charge in [0.2, 0.25) is 0 Å². The van der Waals surface area contributed by atoms with E-state index in [9.17, 15) is 13.3 Å². The molecule has 0 spiro atoms. The number of benzene rings is 2. The van der Waals surface area contributed by atoms with Gasteiger partial charge in [0.05, 0.1) is 12.2 Å². The van der Waals surface area contributed by atoms with Crippen LogP contribution in [0.25, 0.3) is 10.1 Å². The summed E-state index contributed by atoms with van der Waals surface area (Å²) in [4.78, 5) is 0.697. The van der Waals surface area contributed by atoms with E-state index in [-0.39, 0.29) is 18.6 Å². The van der Waals surface area contributed by atoms with Gasteiger partial charge in [-0.15, -0.1) is 11.3 Å². The number of halogens is 4. The van der Waals surface area contributed by atoms with E-state index in [1.165, 1.54) is 17.4 Å². The van der Waals surface area contributed by atoms with Crippen LogP contribution in [0, 0.1) is 11.6 Å². The van der Waals surface area contributed by atoms with Gasteiger partial charge in [-0.3, -0.25) is 4.57 Å². The molecule has 0 saturated heterocycles. The zero-order valence-electron chi connectivity index (χ0n) is 17.5. The molecule has 2 aromatic carbocycles. The van der Waals surface area contributed by atoms with Gasteiger partial charge in [-0.05, 0) is 67.4 Å². The average Bonchev–Trinajstić information content (AvgIpc) is 3.01. The van der Waals surface area contributed by atoms with Crippen LogP contribution in [-0.4, -0.2) is 12.2 Å². The summed E-state index contributed by atoms with van der Waals surface area (Å²) < 4.78 is 54.2. The highest BCUT2D eigenvalue weighted by Crippen LogP contribution is 2.72. The van der Waals surface area contributed by atoms with Crippen LogP contribution in [0.2, 0.25) is 0 Å². The van der Waals surface area contributed by atoms with Crippen LogP contribution in [-0.2, 0) is 24.1 Å². The van der Waals surface area contributed by atoms with Crippen LogP contribution >= 0.6 is 50.8 Å². The van der Waals surface area contributed by atoms with Gasteiger partial charge in [0.1, 0.15) is 0 Å². The number of hydrogen-bond acceptors (Lipinski definition) is 4. The fourth-order valence-corrected chi connectivity index (χ4v) is 9.75. The monoisotopic (exact) mass is 594 g/mol. The van der Waals surface area contributed by atoms with Crippen LogP contribution in [0.5, 0.6) is 0 Å². The standard InChI is InChI=1S/C22H23Br2F2O3PS/c1-13(2)28-30(27,29-14(3)4)22(24,12-15-9-10-17(25)18(26)11-15)21-20(23)16-7-5-6-8-19(16)31-21/h5-11,13-14H,12H2,1-4H3. The van der Waals surface area contributed by atoms with Gasteiger partial charge in [-0.1, -0.05) is 40.2 Å². The first kappa shape index (κ1) is 25.0. The van der Waals surface area contributed by atoms with Crippen LogP contribution in [0.1, 0.15) is 38.1 Å². The van der Waals surface area contributed by atoms with Gasteiger partial charge in [-0.25, -0.2) is 8.78 Å². The second kappa shape index (κ2) is 9.70. The number of fused-ring (bicyclic) bond motifs is 1. The molecule has 9 heteroatoms. The van der Waals surface area contributed by atoms with Gasteiger partial charge >= 0.3 is 7.60 Å². The molecule has 3 nitrogen and oxygen atoms in total. The molecule has 0 radical (unpaired) electrons. The molecule has 0 aliphatic carbocycles. The minimum absolute atomic E-state index is 0.0618. The molecular formula is C22H23Br2F2O3PS. The Balaban J connectivity index is 2.26. The first-order chi connectivity index (χ1) is 14.5. The number of alkyl halides is 1. The smallest absolute Gasteiger partial charge is 0.305 e. The number of hydrogen-bond donors (Lipinski definition) is 0. The van der Waals surface area contributed by atoms with Gasteiger partial charge in [0.15, 0.2) is 15.7 Å². The predicted molar refractivity (Wildman–Crippen MR) is 130 cm³/mol. The van der Waals surface area contributed by atoms with Crippen LogP contribution < -0.4 is 0 Å². The third-order valence-corrected chi connectivity index (χ3v) is 11.9. The topological polar surface area (TPSA) is 35.5 Å². The molecule has 0 N–H and O–H groups in total. The third-order valence-electron chi connectivity index (χ3n) is 4.44. The third kappa shape index (κ3) is 5.15. The molecule has 168 valence electrons. The normalized spacial score (nSPS) is 14.5. The van der Waals surface area contributed by atoms with Gasteiger partial charge in [0, 0.05) is 25.9 Å². The van der Waals surface area contributed by atoms with Gasteiger partial charge in [-0.2, -0.15) is 0 Å². The van der Waals surface area contributed by atoms with Crippen molar-refractivity contribution in [3.8, 4) is 0 Å². The molecule has 31 heavy (non-hydrogen) atoms. The minimum Gasteiger partial charge on any atom is -0.305 e. The van der Waals surface area contributed by atoms with Crippen molar-refractivity contribution in [1.29, 1.82) is 0 Å². The van der Waals surface area contributed by atoms with Crippen molar-refractivity contribution in [2.24, 2.45) is 0 Å². The fraction of sp³-hybridized carbons (Fsp3) is 0.364. The first-order valence-corrected chi connectivity index (χ1v) is 13.7. The van der Waals surface area contributed by atoms with E-state index < -0.39 is 23.3 Å². The Labute approximate surface area is 201 Å². The number of rotatable bonds is 8. The van der Waals surface area contributed by atoms with Crippen LogP contribution in [0.4, 0.5) is 8.78 Å². The molecule has 0 aliphatic rings. The second-order valence-electron chi connectivity index (χ2n) is 7.73. The zero-order valence-corrected chi connectivity index (χ0v) is 22.4. The Hall–Kier alpha value is -0.630. The average molecular weight is 596 g/mol. The second-order valence-corrected chi connectivity index (χ2v) is 13.7. The maximum absolute atomic E-state index is 14.4. The summed E-state index contributed by atoms with van der Waals surface area (Å²) in [6.45, 7) is 7.12. The van der Waals surface area contributed by atoms with E-state index in [1.54, 1.807) is 27.7 Å². The SMILES string of the molecule is CC(C)OP(=O)(OC(C)C)C(Br)(Cc1ccc(F)c(F)c1)c1sc2ccccc2c1Br. The van der Waals surface area contributed by atoms with E-state index in [0.29, 0.717) is 10.4 Å². The van der Waals surface area contributed by atoms with Gasteiger partial charge < -0.3 is 9.05 Å². The van der Waals surface area contributed by atoms with Crippen molar-refractivity contribution in [1.82, 2.24) is 0 Å². The van der Waals surface area contributed by atoms with Crippen molar-refractivity contribution >= 4 is 60.9 Å². The van der Waals surface area contributed by atoms with Crippen molar-refractivity contribution in [3.63, 3.8) is 0 Å². The molecule has 0 saturated carbocycles. The Morgan fingerprint density at radius 3 is 2.19 bits per heavy atom. The lowest BCUT2D eigenvalue weighted by Gasteiger charge is -2.36. The van der Waals surface area contributed by atoms with Crippen molar-refractivity contribution in [2.45, 2.75) is 50.4 Å². The van der Waals surface area contributed by atoms with E-state index in [4.69, 9.17) is 9.05 Å². The largest absolute Gasteiger partial charge is 0.353 e. The molecule has 3 aromatic rings. The minimum atomic E-state index is -3.87. The molecule has 3 rings (SSSR count). The summed E-state index contributed by atoms with van der Waals surface area (Å²) in [7, 11) is -3.87. The summed E-state index contributed by atoms with van der Waals surface area (Å²) in [5.74, 6) is -1.90. The van der Waals surface area contributed by atoms with E-state index in [0.717, 1.165) is 26.7 Å². The summed E-state index contributed by atoms with van der Waals surface area (Å²) in [5, 5.41) is 0.956. The molecule has 1 aromatic heterocycles. The van der Waals surface area contributed by atoms with Crippen LogP contribution in [0.15, 0.2) is 46.9 Å². The fourth-order valence-electron chi connectivity index (χ4n) is 3.23. The first-order valence-electron chi connectivity index (χ1n) is 9.74. The molecule has 1 atom stereocenters. The molecule has 1 heterocycles. The Morgan fingerprint density at radius 1 is 1.03 bits per heavy atom. The quantitative estimate of drug-likeness (QED) is 0.193. The molecular weight excluding hydrogens is 573 g/mol. The highest BCUT2D eigenvalue weighted by atomic mass is 79.9. The molecule has 0 fully saturated rings. The van der Waals surface area contributed by atoms with Crippen LogP contribution in [0.3, 0.4) is 0 Å². The Kier molecular flexibility index (Phi) is 7.82. The van der Waals surface area contributed by atoms with E-state index in [2.05, 4.69) is 31.9 Å². The molecule has 0 aliphatic heterocycles. The predicted octanol–water partition coefficient (Wildman–Crippen LogP) is 8.78. The lowest BCUT2D eigenvalue weighted by atomic mass is 10.1.